The molecule has 0 saturated heterocycles. The van der Waals surface area contributed by atoms with Gasteiger partial charge in [0.2, 0.25) is 0 Å². The first-order chi connectivity index (χ1) is 13.3. The molecule has 0 fully saturated rings. The molecule has 2 aromatic heterocycles. The molecule has 0 atom stereocenters. The van der Waals surface area contributed by atoms with Crippen LogP contribution < -0.4 is 0 Å². The van der Waals surface area contributed by atoms with Crippen LogP contribution in [0.1, 0.15) is 12.5 Å². The first-order valence-electron chi connectivity index (χ1n) is 8.91. The highest BCUT2D eigenvalue weighted by molar-refractivity contribution is 5.76. The van der Waals surface area contributed by atoms with Crippen LogP contribution >= 0.6 is 0 Å². The van der Waals surface area contributed by atoms with Gasteiger partial charge in [0.1, 0.15) is 11.0 Å². The first kappa shape index (κ1) is 15.7. The molecule has 0 N–H and O–H groups in total. The van der Waals surface area contributed by atoms with Gasteiger partial charge >= 0.3 is 0 Å². The van der Waals surface area contributed by atoms with E-state index in [9.17, 15) is 0 Å². The van der Waals surface area contributed by atoms with Crippen molar-refractivity contribution in [1.29, 1.82) is 0 Å². The van der Waals surface area contributed by atoms with Crippen LogP contribution in [0.5, 0.6) is 0 Å². The van der Waals surface area contributed by atoms with Crippen LogP contribution in [-0.2, 0) is 12.1 Å². The molecule has 0 bridgehead atoms. The lowest BCUT2D eigenvalue weighted by molar-refractivity contribution is 0.212. The lowest BCUT2D eigenvalue weighted by Crippen LogP contribution is -2.42. The van der Waals surface area contributed by atoms with Gasteiger partial charge in [-0.15, -0.1) is 10.2 Å². The fourth-order valence-electron chi connectivity index (χ4n) is 3.67. The Labute approximate surface area is 156 Å². The maximum atomic E-state index is 4.50. The first-order valence-corrected chi connectivity index (χ1v) is 8.91. The molecule has 0 aliphatic carbocycles. The molecular formula is C21H18N6. The number of nitrogens with zero attached hydrogens (tertiary/aromatic N) is 6. The summed E-state index contributed by atoms with van der Waals surface area (Å²) in [4.78, 5) is 0. The number of aromatic nitrogens is 6. The molecule has 0 aliphatic rings. The van der Waals surface area contributed by atoms with Gasteiger partial charge in [-0.2, -0.15) is 0 Å². The molecule has 5 aromatic rings. The van der Waals surface area contributed by atoms with Crippen LogP contribution in [0.15, 0.2) is 78.9 Å². The summed E-state index contributed by atoms with van der Waals surface area (Å²) in [6.45, 7) is 2.13. The predicted molar refractivity (Wildman–Crippen MR) is 104 cm³/mol. The number of hydrogen-bond acceptors (Lipinski definition) is 4. The van der Waals surface area contributed by atoms with Crippen LogP contribution in [0.2, 0.25) is 0 Å². The molecule has 0 aliphatic heterocycles. The number of rotatable bonds is 4. The molecule has 0 amide bonds. The van der Waals surface area contributed by atoms with Crippen LogP contribution in [0, 0.1) is 0 Å². The molecule has 0 radical (unpaired) electrons. The predicted octanol–water partition coefficient (Wildman–Crippen LogP) is 3.64. The Morgan fingerprint density at radius 2 is 1.15 bits per heavy atom. The summed E-state index contributed by atoms with van der Waals surface area (Å²) < 4.78 is 3.91. The Hall–Kier alpha value is -3.54. The second kappa shape index (κ2) is 6.02. The number of hydrogen-bond donors (Lipinski definition) is 0. The molecule has 2 heterocycles. The summed E-state index contributed by atoms with van der Waals surface area (Å²) in [7, 11) is 0. The summed E-state index contributed by atoms with van der Waals surface area (Å²) in [5, 5.41) is 17.7. The van der Waals surface area contributed by atoms with E-state index in [0.717, 1.165) is 22.1 Å². The number of fused-ring (bicyclic) bond motifs is 2. The smallest absolute Gasteiger partial charge is 0.159 e. The normalized spacial score (nSPS) is 12.0. The highest BCUT2D eigenvalue weighted by Crippen LogP contribution is 2.29. The molecule has 6 heteroatoms. The summed E-state index contributed by atoms with van der Waals surface area (Å²) in [6, 6.07) is 26.3. The average molecular weight is 354 g/mol. The fourth-order valence-corrected chi connectivity index (χ4v) is 3.67. The van der Waals surface area contributed by atoms with Crippen molar-refractivity contribution in [3.8, 4) is 0 Å². The molecule has 27 heavy (non-hydrogen) atoms. The van der Waals surface area contributed by atoms with Crippen molar-refractivity contribution in [1.82, 2.24) is 30.0 Å². The quantitative estimate of drug-likeness (QED) is 0.494. The zero-order valence-corrected chi connectivity index (χ0v) is 14.9. The van der Waals surface area contributed by atoms with Gasteiger partial charge in [-0.25, -0.2) is 9.36 Å². The third-order valence-electron chi connectivity index (χ3n) is 5.00. The minimum Gasteiger partial charge on any atom is -0.217 e. The van der Waals surface area contributed by atoms with Gasteiger partial charge in [0.25, 0.3) is 0 Å². The Bertz CT molecular complexity index is 1150. The van der Waals surface area contributed by atoms with Crippen molar-refractivity contribution < 1.29 is 0 Å². The van der Waals surface area contributed by atoms with Crippen LogP contribution in [0.4, 0.5) is 0 Å². The third-order valence-corrected chi connectivity index (χ3v) is 5.00. The highest BCUT2D eigenvalue weighted by Gasteiger charge is 2.34. The van der Waals surface area contributed by atoms with E-state index in [-0.39, 0.29) is 0 Å². The Morgan fingerprint density at radius 1 is 0.667 bits per heavy atom. The summed E-state index contributed by atoms with van der Waals surface area (Å²) in [5.74, 6) is 0. The van der Waals surface area contributed by atoms with Crippen molar-refractivity contribution >= 4 is 22.1 Å². The second-order valence-corrected chi connectivity index (χ2v) is 6.86. The van der Waals surface area contributed by atoms with E-state index in [0.29, 0.717) is 6.42 Å². The molecule has 0 saturated carbocycles. The van der Waals surface area contributed by atoms with E-state index in [2.05, 4.69) is 51.8 Å². The molecule has 0 unspecified atom stereocenters. The SMILES string of the molecule is CC(Cc1ccccc1)(n1nnc2ccccc21)n1nnc2ccccc21. The van der Waals surface area contributed by atoms with Crippen LogP contribution in [0.3, 0.4) is 0 Å². The maximum absolute atomic E-state index is 4.50. The van der Waals surface area contributed by atoms with E-state index in [4.69, 9.17) is 0 Å². The summed E-state index contributed by atoms with van der Waals surface area (Å²) in [5.41, 5.74) is 4.25. The average Bonchev–Trinajstić information content (AvgIpc) is 3.34. The summed E-state index contributed by atoms with van der Waals surface area (Å²) in [6.07, 6.45) is 0.703. The van der Waals surface area contributed by atoms with Crippen molar-refractivity contribution in [2.45, 2.75) is 19.0 Å². The zero-order chi connectivity index (χ0) is 18.3. The van der Waals surface area contributed by atoms with E-state index >= 15 is 0 Å². The standard InChI is InChI=1S/C21H18N6/c1-21(15-16-9-3-2-4-10-16,26-19-13-7-5-11-17(19)22-24-26)27-20-14-8-6-12-18(20)23-25-27/h2-14H,15H2,1H3. The molecule has 132 valence electrons. The topological polar surface area (TPSA) is 61.4 Å². The van der Waals surface area contributed by atoms with Gasteiger partial charge in [-0.1, -0.05) is 65.0 Å². The van der Waals surface area contributed by atoms with Gasteiger partial charge in [-0.05, 0) is 36.8 Å². The fraction of sp³-hybridized carbons (Fsp3) is 0.143. The van der Waals surface area contributed by atoms with Gasteiger partial charge in [0, 0.05) is 6.42 Å². The number of benzene rings is 3. The lowest BCUT2D eigenvalue weighted by atomic mass is 10.0. The van der Waals surface area contributed by atoms with E-state index in [1.54, 1.807) is 0 Å². The summed E-state index contributed by atoms with van der Waals surface area (Å²) >= 11 is 0. The molecular weight excluding hydrogens is 336 g/mol. The van der Waals surface area contributed by atoms with Crippen molar-refractivity contribution in [2.75, 3.05) is 0 Å². The van der Waals surface area contributed by atoms with Gasteiger partial charge < -0.3 is 0 Å². The maximum Gasteiger partial charge on any atom is 0.159 e. The van der Waals surface area contributed by atoms with Gasteiger partial charge in [-0.3, -0.25) is 0 Å². The molecule has 3 aromatic carbocycles. The van der Waals surface area contributed by atoms with Gasteiger partial charge in [0.05, 0.1) is 11.0 Å². The molecule has 5 rings (SSSR count). The van der Waals surface area contributed by atoms with E-state index in [1.165, 1.54) is 5.56 Å². The van der Waals surface area contributed by atoms with Crippen LogP contribution in [0.25, 0.3) is 22.1 Å². The molecule has 0 spiro atoms. The van der Waals surface area contributed by atoms with Crippen LogP contribution in [-0.4, -0.2) is 30.0 Å². The van der Waals surface area contributed by atoms with Crippen molar-refractivity contribution in [3.05, 3.63) is 84.4 Å². The highest BCUT2D eigenvalue weighted by atomic mass is 15.6. The van der Waals surface area contributed by atoms with E-state index < -0.39 is 5.66 Å². The molecule has 6 nitrogen and oxygen atoms in total. The monoisotopic (exact) mass is 354 g/mol. The Kier molecular flexibility index (Phi) is 3.50. The largest absolute Gasteiger partial charge is 0.217 e. The van der Waals surface area contributed by atoms with Crippen molar-refractivity contribution in [2.24, 2.45) is 0 Å². The van der Waals surface area contributed by atoms with E-state index in [1.807, 2.05) is 64.0 Å². The minimum atomic E-state index is -0.604. The number of para-hydroxylation sites is 2. The minimum absolute atomic E-state index is 0.604. The second-order valence-electron chi connectivity index (χ2n) is 6.86. The Balaban J connectivity index is 1.77. The van der Waals surface area contributed by atoms with Gasteiger partial charge in [0.15, 0.2) is 5.66 Å². The lowest BCUT2D eigenvalue weighted by Gasteiger charge is -2.31. The third kappa shape index (κ3) is 2.49. The Morgan fingerprint density at radius 3 is 1.70 bits per heavy atom. The van der Waals surface area contributed by atoms with Crippen molar-refractivity contribution in [3.63, 3.8) is 0 Å². The zero-order valence-electron chi connectivity index (χ0n) is 14.9.